The highest BCUT2D eigenvalue weighted by atomic mass is 31.2. The monoisotopic (exact) mass is 859 g/mol. The number of nitrogens with one attached hydrogen (secondary N) is 1. The summed E-state index contributed by atoms with van der Waals surface area (Å²) in [6.07, 6.45) is 58.9. The number of nitrogens with zero attached hydrogens (tertiary/aromatic N) is 1. The minimum absolute atomic E-state index is 0.00523. The molecule has 8 nitrogen and oxygen atoms in total. The molecular formula is C51H91N2O6P. The van der Waals surface area contributed by atoms with Gasteiger partial charge in [-0.1, -0.05) is 195 Å². The van der Waals surface area contributed by atoms with Crippen LogP contribution in [0.25, 0.3) is 0 Å². The predicted molar refractivity (Wildman–Crippen MR) is 256 cm³/mol. The van der Waals surface area contributed by atoms with Gasteiger partial charge in [0, 0.05) is 6.42 Å². The van der Waals surface area contributed by atoms with Crippen LogP contribution in [0.15, 0.2) is 85.1 Å². The number of amides is 1. The van der Waals surface area contributed by atoms with Gasteiger partial charge in [0.2, 0.25) is 5.91 Å². The summed E-state index contributed by atoms with van der Waals surface area (Å²) in [4.78, 5) is 25.0. The van der Waals surface area contributed by atoms with Crippen LogP contribution in [0.3, 0.4) is 0 Å². The van der Waals surface area contributed by atoms with Gasteiger partial charge in [-0.15, -0.1) is 0 Å². The van der Waals surface area contributed by atoms with Gasteiger partial charge in [-0.25, -0.2) is 0 Å². The van der Waals surface area contributed by atoms with Gasteiger partial charge in [-0.05, 0) is 64.2 Å². The molecule has 3 unspecified atom stereocenters. The summed E-state index contributed by atoms with van der Waals surface area (Å²) in [6.45, 7) is 4.29. The summed E-state index contributed by atoms with van der Waals surface area (Å²) in [5.41, 5.74) is 0. The van der Waals surface area contributed by atoms with Crippen molar-refractivity contribution in [3.63, 3.8) is 0 Å². The molecule has 2 N–H and O–H groups in total. The summed E-state index contributed by atoms with van der Waals surface area (Å²) in [5.74, 6) is -0.213. The fourth-order valence-electron chi connectivity index (χ4n) is 6.34. The van der Waals surface area contributed by atoms with E-state index in [1.807, 2.05) is 34.1 Å². The second kappa shape index (κ2) is 42.0. The summed E-state index contributed by atoms with van der Waals surface area (Å²) < 4.78 is 22.9. The Morgan fingerprint density at radius 1 is 0.600 bits per heavy atom. The Bertz CT molecular complexity index is 1250. The molecule has 0 fully saturated rings. The van der Waals surface area contributed by atoms with E-state index < -0.39 is 20.0 Å². The van der Waals surface area contributed by atoms with Gasteiger partial charge in [0.15, 0.2) is 0 Å². The average molecular weight is 859 g/mol. The number of carbonyl (C=O) groups is 1. The zero-order valence-electron chi connectivity index (χ0n) is 39.1. The Balaban J connectivity index is 3.77. The first kappa shape index (κ1) is 57.7. The van der Waals surface area contributed by atoms with Crippen LogP contribution < -0.4 is 10.2 Å². The molecule has 1 amide bonds. The van der Waals surface area contributed by atoms with Crippen molar-refractivity contribution in [3.8, 4) is 0 Å². The van der Waals surface area contributed by atoms with Crippen LogP contribution in [-0.4, -0.2) is 68.5 Å². The topological polar surface area (TPSA) is 108 Å². The Labute approximate surface area is 369 Å². The molecule has 0 saturated carbocycles. The van der Waals surface area contributed by atoms with Crippen molar-refractivity contribution in [3.05, 3.63) is 85.1 Å². The van der Waals surface area contributed by atoms with E-state index in [9.17, 15) is 19.4 Å². The van der Waals surface area contributed by atoms with E-state index in [1.54, 1.807) is 6.08 Å². The Hall–Kier alpha value is -2.32. The minimum atomic E-state index is -4.57. The number of phosphoric acid groups is 1. The molecule has 9 heteroatoms. The maximum absolute atomic E-state index is 12.7. The molecule has 60 heavy (non-hydrogen) atoms. The highest BCUT2D eigenvalue weighted by Crippen LogP contribution is 2.38. The van der Waals surface area contributed by atoms with Gasteiger partial charge >= 0.3 is 0 Å². The van der Waals surface area contributed by atoms with Crippen LogP contribution in [0.2, 0.25) is 0 Å². The first-order valence-electron chi connectivity index (χ1n) is 23.9. The fraction of sp³-hybridized carbons (Fsp3) is 0.706. The largest absolute Gasteiger partial charge is 0.756 e. The van der Waals surface area contributed by atoms with E-state index in [1.165, 1.54) is 89.9 Å². The smallest absolute Gasteiger partial charge is 0.268 e. The van der Waals surface area contributed by atoms with Crippen LogP contribution in [0.1, 0.15) is 181 Å². The summed E-state index contributed by atoms with van der Waals surface area (Å²) >= 11 is 0. The maximum atomic E-state index is 12.7. The maximum Gasteiger partial charge on any atom is 0.268 e. The number of quaternary nitrogens is 1. The number of hydrogen-bond acceptors (Lipinski definition) is 6. The van der Waals surface area contributed by atoms with Crippen molar-refractivity contribution in [1.82, 2.24) is 5.32 Å². The third-order valence-electron chi connectivity index (χ3n) is 10.1. The summed E-state index contributed by atoms with van der Waals surface area (Å²) in [6, 6.07) is -0.884. The molecular weight excluding hydrogens is 768 g/mol. The number of unbranched alkanes of at least 4 members (excludes halogenated alkanes) is 17. The number of allylic oxidation sites excluding steroid dienone is 13. The number of carbonyl (C=O) groups excluding carboxylic acids is 1. The zero-order chi connectivity index (χ0) is 44.3. The van der Waals surface area contributed by atoms with E-state index in [-0.39, 0.29) is 19.1 Å². The summed E-state index contributed by atoms with van der Waals surface area (Å²) in [5, 5.41) is 13.4. The normalized spacial score (nSPS) is 15.0. The molecule has 0 aromatic carbocycles. The Morgan fingerprint density at radius 2 is 1.02 bits per heavy atom. The van der Waals surface area contributed by atoms with E-state index in [2.05, 4.69) is 85.2 Å². The van der Waals surface area contributed by atoms with E-state index >= 15 is 0 Å². The summed E-state index contributed by atoms with van der Waals surface area (Å²) in [7, 11) is 1.24. The van der Waals surface area contributed by atoms with Crippen molar-refractivity contribution in [2.45, 2.75) is 193 Å². The van der Waals surface area contributed by atoms with Crippen molar-refractivity contribution < 1.29 is 32.9 Å². The molecule has 346 valence electrons. The van der Waals surface area contributed by atoms with Gasteiger partial charge in [-0.3, -0.25) is 9.36 Å². The Kier molecular flexibility index (Phi) is 40.4. The fourth-order valence-corrected chi connectivity index (χ4v) is 7.06. The van der Waals surface area contributed by atoms with E-state index in [4.69, 9.17) is 9.05 Å². The standard InChI is InChI=1S/C51H91N2O6P/c1-6-8-10-11-12-13-14-15-16-17-18-19-20-21-22-23-24-25-26-27-28-29-30-31-32-33-34-35-36-37-38-39-40-41-43-45-51(55)52-49(50(54)44-42-9-7-2)48-59-60(56,57)58-47-46-53(3,4)5/h8,10,12-13,15-16,18-19,21-22,24-25,42,44,49-50,54H,6-7,9,11,14,17,20,23,26-41,43,45-48H2,1-5H3,(H-,52,55,56,57)/b10-8-,13-12-,16-15-,19-18-,22-21-,25-24-,44-42+. The molecule has 0 heterocycles. The lowest BCUT2D eigenvalue weighted by atomic mass is 10.0. The number of hydrogen-bond donors (Lipinski definition) is 2. The highest BCUT2D eigenvalue weighted by Gasteiger charge is 2.23. The molecule has 0 aliphatic heterocycles. The SMILES string of the molecule is CC/C=C\C/C=C\C/C=C\C/C=C\C/C=C\C/C=C\CCCCCCCCCCCCCCCCCCC(=O)NC(COP(=O)([O-])OCC[N+](C)(C)C)C(O)/C=C/CCC. The molecule has 0 bridgehead atoms. The number of phosphoric ester groups is 1. The number of aliphatic hydroxyl groups is 1. The van der Waals surface area contributed by atoms with Gasteiger partial charge in [0.05, 0.1) is 39.9 Å². The number of rotatable bonds is 42. The van der Waals surface area contributed by atoms with Gasteiger partial charge in [0.1, 0.15) is 13.2 Å². The molecule has 3 atom stereocenters. The quantitative estimate of drug-likeness (QED) is 0.0274. The first-order chi connectivity index (χ1) is 29.0. The molecule has 0 aliphatic carbocycles. The molecule has 0 spiro atoms. The van der Waals surface area contributed by atoms with Crippen molar-refractivity contribution in [1.29, 1.82) is 0 Å². The lowest BCUT2D eigenvalue weighted by Gasteiger charge is -2.29. The van der Waals surface area contributed by atoms with Gasteiger partial charge < -0.3 is 28.8 Å². The van der Waals surface area contributed by atoms with E-state index in [0.29, 0.717) is 17.4 Å². The molecule has 0 aliphatic rings. The second-order valence-electron chi connectivity index (χ2n) is 17.1. The van der Waals surface area contributed by atoms with Crippen molar-refractivity contribution >= 4 is 13.7 Å². The molecule has 0 aromatic rings. The third kappa shape index (κ3) is 43.8. The van der Waals surface area contributed by atoms with Crippen molar-refractivity contribution in [2.24, 2.45) is 0 Å². The third-order valence-corrected chi connectivity index (χ3v) is 11.1. The number of aliphatic hydroxyl groups excluding tert-OH is 1. The lowest BCUT2D eigenvalue weighted by molar-refractivity contribution is -0.870. The molecule has 0 saturated heterocycles. The van der Waals surface area contributed by atoms with Crippen LogP contribution in [0, 0.1) is 0 Å². The van der Waals surface area contributed by atoms with Gasteiger partial charge in [-0.2, -0.15) is 0 Å². The van der Waals surface area contributed by atoms with Crippen molar-refractivity contribution in [2.75, 3.05) is 40.9 Å². The van der Waals surface area contributed by atoms with Crippen LogP contribution in [0.4, 0.5) is 0 Å². The van der Waals surface area contributed by atoms with Crippen LogP contribution in [0.5, 0.6) is 0 Å². The van der Waals surface area contributed by atoms with Gasteiger partial charge in [0.25, 0.3) is 7.82 Å². The number of likely N-dealkylation sites (N-methyl/N-ethyl adjacent to an activating group) is 1. The Morgan fingerprint density at radius 3 is 1.45 bits per heavy atom. The van der Waals surface area contributed by atoms with E-state index in [0.717, 1.165) is 70.6 Å². The highest BCUT2D eigenvalue weighted by molar-refractivity contribution is 7.45. The molecule has 0 rings (SSSR count). The first-order valence-corrected chi connectivity index (χ1v) is 25.4. The average Bonchev–Trinajstić information content (AvgIpc) is 3.20. The van der Waals surface area contributed by atoms with Crippen LogP contribution in [-0.2, 0) is 18.4 Å². The lowest BCUT2D eigenvalue weighted by Crippen LogP contribution is -2.45. The predicted octanol–water partition coefficient (Wildman–Crippen LogP) is 13.1. The zero-order valence-corrected chi connectivity index (χ0v) is 40.0. The minimum Gasteiger partial charge on any atom is -0.756 e. The molecule has 0 aromatic heterocycles. The van der Waals surface area contributed by atoms with Crippen LogP contribution >= 0.6 is 7.82 Å². The second-order valence-corrected chi connectivity index (χ2v) is 18.5. The molecule has 0 radical (unpaired) electrons.